The number of aryl methyl sites for hydroxylation is 1. The highest BCUT2D eigenvalue weighted by Crippen LogP contribution is 2.40. The molecule has 0 radical (unpaired) electrons. The molecule has 2 rings (SSSR count). The second-order valence-electron chi connectivity index (χ2n) is 7.32. The summed E-state index contributed by atoms with van der Waals surface area (Å²) in [6, 6.07) is 4.48. The van der Waals surface area contributed by atoms with Crippen molar-refractivity contribution in [3.05, 3.63) is 47.3 Å². The van der Waals surface area contributed by atoms with Gasteiger partial charge in [-0.25, -0.2) is 0 Å². The molecule has 1 aromatic heterocycles. The lowest BCUT2D eigenvalue weighted by atomic mass is 9.93. The summed E-state index contributed by atoms with van der Waals surface area (Å²) in [5.41, 5.74) is 2.20. The van der Waals surface area contributed by atoms with Crippen molar-refractivity contribution in [2.75, 3.05) is 0 Å². The summed E-state index contributed by atoms with van der Waals surface area (Å²) in [5.74, 6) is -3.09. The molecule has 0 bridgehead atoms. The van der Waals surface area contributed by atoms with Crippen LogP contribution in [0.5, 0.6) is 0 Å². The third-order valence-electron chi connectivity index (χ3n) is 3.86. The van der Waals surface area contributed by atoms with E-state index >= 15 is 0 Å². The second-order valence-corrected chi connectivity index (χ2v) is 7.32. The number of carbonyl (C=O) groups is 3. The lowest BCUT2D eigenvalue weighted by molar-refractivity contribution is -0.137. The number of nitrogens with two attached hydrogens (primary N) is 1. The number of carbonyl (C=O) groups excluding carboxylic acids is 3. The van der Waals surface area contributed by atoms with Gasteiger partial charge in [0.1, 0.15) is 5.69 Å². The predicted octanol–water partition coefficient (Wildman–Crippen LogP) is 2.91. The van der Waals surface area contributed by atoms with Gasteiger partial charge in [-0.15, -0.1) is 0 Å². The number of primary amides is 1. The van der Waals surface area contributed by atoms with Crippen molar-refractivity contribution >= 4 is 17.6 Å². The largest absolute Gasteiger partial charge is 0.417 e. The molecule has 2 aromatic rings. The number of hydrogen-bond donors (Lipinski definition) is 2. The first-order valence-corrected chi connectivity index (χ1v) is 8.26. The van der Waals surface area contributed by atoms with Crippen molar-refractivity contribution in [1.82, 2.24) is 9.88 Å². The van der Waals surface area contributed by atoms with Gasteiger partial charge in [-0.05, 0) is 32.4 Å². The van der Waals surface area contributed by atoms with Crippen LogP contribution in [0.3, 0.4) is 0 Å². The van der Waals surface area contributed by atoms with Gasteiger partial charge < -0.3 is 15.6 Å². The Hall–Kier alpha value is -3.10. The SMILES string of the molecule is Cn1cc(C(=O)C(=O)NC(C)(C)C)c(-c2ccccc2C(F)(F)F)c1C(N)=O. The van der Waals surface area contributed by atoms with Gasteiger partial charge in [0.15, 0.2) is 0 Å². The molecule has 6 nitrogen and oxygen atoms in total. The fourth-order valence-corrected chi connectivity index (χ4v) is 2.84. The minimum Gasteiger partial charge on any atom is -0.364 e. The fourth-order valence-electron chi connectivity index (χ4n) is 2.84. The van der Waals surface area contributed by atoms with Gasteiger partial charge in [-0.3, -0.25) is 14.4 Å². The fraction of sp³-hybridized carbons (Fsp3) is 0.316. The molecule has 0 aliphatic rings. The number of benzene rings is 1. The van der Waals surface area contributed by atoms with E-state index in [9.17, 15) is 27.6 Å². The van der Waals surface area contributed by atoms with Crippen LogP contribution in [0.4, 0.5) is 13.2 Å². The number of hydrogen-bond acceptors (Lipinski definition) is 3. The molecule has 2 amide bonds. The summed E-state index contributed by atoms with van der Waals surface area (Å²) in [6.07, 6.45) is -3.61. The summed E-state index contributed by atoms with van der Waals surface area (Å²) in [4.78, 5) is 36.9. The number of aromatic nitrogens is 1. The zero-order valence-corrected chi connectivity index (χ0v) is 15.8. The molecule has 0 saturated heterocycles. The van der Waals surface area contributed by atoms with Gasteiger partial charge in [0.2, 0.25) is 0 Å². The molecule has 0 fully saturated rings. The van der Waals surface area contributed by atoms with Crippen molar-refractivity contribution < 1.29 is 27.6 Å². The molecule has 0 aliphatic heterocycles. The highest BCUT2D eigenvalue weighted by atomic mass is 19.4. The molecule has 1 heterocycles. The lowest BCUT2D eigenvalue weighted by Gasteiger charge is -2.20. The highest BCUT2D eigenvalue weighted by Gasteiger charge is 2.37. The Morgan fingerprint density at radius 2 is 1.64 bits per heavy atom. The summed E-state index contributed by atoms with van der Waals surface area (Å²) in [7, 11) is 1.36. The van der Waals surface area contributed by atoms with E-state index in [1.54, 1.807) is 20.8 Å². The van der Waals surface area contributed by atoms with Crippen LogP contribution >= 0.6 is 0 Å². The van der Waals surface area contributed by atoms with E-state index in [1.807, 2.05) is 0 Å². The van der Waals surface area contributed by atoms with Crippen LogP contribution in [0.2, 0.25) is 0 Å². The van der Waals surface area contributed by atoms with E-state index in [2.05, 4.69) is 5.32 Å². The van der Waals surface area contributed by atoms with Crippen molar-refractivity contribution in [1.29, 1.82) is 0 Å². The lowest BCUT2D eigenvalue weighted by Crippen LogP contribution is -2.44. The zero-order chi connectivity index (χ0) is 21.4. The number of Topliss-reactive ketones (excluding diaryl/α,β-unsaturated/α-hetero) is 1. The number of alkyl halides is 3. The zero-order valence-electron chi connectivity index (χ0n) is 15.8. The molecule has 9 heteroatoms. The van der Waals surface area contributed by atoms with Crippen LogP contribution in [-0.2, 0) is 18.0 Å². The number of halogens is 3. The average Bonchev–Trinajstić information content (AvgIpc) is 2.89. The Morgan fingerprint density at radius 3 is 2.14 bits per heavy atom. The second kappa shape index (κ2) is 7.14. The summed E-state index contributed by atoms with van der Waals surface area (Å²) >= 11 is 0. The molecule has 0 saturated carbocycles. The molecule has 0 aliphatic carbocycles. The van der Waals surface area contributed by atoms with Crippen LogP contribution in [0.25, 0.3) is 11.1 Å². The van der Waals surface area contributed by atoms with Gasteiger partial charge in [-0.1, -0.05) is 18.2 Å². The van der Waals surface area contributed by atoms with Crippen molar-refractivity contribution in [3.8, 4) is 11.1 Å². The van der Waals surface area contributed by atoms with Crippen LogP contribution in [-0.4, -0.2) is 27.7 Å². The Kier molecular flexibility index (Phi) is 5.41. The quantitative estimate of drug-likeness (QED) is 0.616. The minimum absolute atomic E-state index is 0.302. The van der Waals surface area contributed by atoms with Crippen LogP contribution < -0.4 is 11.1 Å². The van der Waals surface area contributed by atoms with E-state index in [-0.39, 0.29) is 16.8 Å². The predicted molar refractivity (Wildman–Crippen MR) is 96.6 cm³/mol. The molecular weight excluding hydrogens is 375 g/mol. The van der Waals surface area contributed by atoms with E-state index < -0.39 is 40.4 Å². The average molecular weight is 395 g/mol. The molecule has 3 N–H and O–H groups in total. The molecule has 0 spiro atoms. The maximum absolute atomic E-state index is 13.5. The van der Waals surface area contributed by atoms with Crippen molar-refractivity contribution in [2.45, 2.75) is 32.5 Å². The monoisotopic (exact) mass is 395 g/mol. The van der Waals surface area contributed by atoms with Crippen molar-refractivity contribution in [2.24, 2.45) is 12.8 Å². The first-order valence-electron chi connectivity index (χ1n) is 8.26. The van der Waals surface area contributed by atoms with Gasteiger partial charge in [0.25, 0.3) is 17.6 Å². The maximum atomic E-state index is 13.5. The van der Waals surface area contributed by atoms with Gasteiger partial charge >= 0.3 is 6.18 Å². The highest BCUT2D eigenvalue weighted by molar-refractivity contribution is 6.44. The number of ketones is 1. The maximum Gasteiger partial charge on any atom is 0.417 e. The summed E-state index contributed by atoms with van der Waals surface area (Å²) in [6.45, 7) is 4.95. The smallest absolute Gasteiger partial charge is 0.364 e. The van der Waals surface area contributed by atoms with Gasteiger partial charge in [0, 0.05) is 24.3 Å². The minimum atomic E-state index is -4.74. The molecule has 1 aromatic carbocycles. The Labute approximate surface area is 159 Å². The normalized spacial score (nSPS) is 12.0. The summed E-state index contributed by atoms with van der Waals surface area (Å²) in [5, 5.41) is 2.46. The topological polar surface area (TPSA) is 94.2 Å². The van der Waals surface area contributed by atoms with E-state index in [4.69, 9.17) is 5.73 Å². The third-order valence-corrected chi connectivity index (χ3v) is 3.86. The first kappa shape index (κ1) is 21.2. The van der Waals surface area contributed by atoms with E-state index in [0.29, 0.717) is 0 Å². The Morgan fingerprint density at radius 1 is 1.07 bits per heavy atom. The standard InChI is InChI=1S/C19H20F3N3O3/c1-18(2,3)24-17(28)15(26)11-9-25(4)14(16(23)27)13(11)10-7-5-6-8-12(10)19(20,21)22/h5-9H,1-4H3,(H2,23,27)(H,24,28). The molecule has 150 valence electrons. The van der Waals surface area contributed by atoms with E-state index in [0.717, 1.165) is 22.9 Å². The molecular formula is C19H20F3N3O3. The van der Waals surface area contributed by atoms with Gasteiger partial charge in [0.05, 0.1) is 11.1 Å². The Bertz CT molecular complexity index is 954. The van der Waals surface area contributed by atoms with Gasteiger partial charge in [-0.2, -0.15) is 13.2 Å². The third kappa shape index (κ3) is 4.24. The first-order chi connectivity index (χ1) is 12.7. The number of nitrogens with one attached hydrogen (secondary N) is 1. The number of nitrogens with zero attached hydrogens (tertiary/aromatic N) is 1. The summed E-state index contributed by atoms with van der Waals surface area (Å²) < 4.78 is 41.6. The van der Waals surface area contributed by atoms with Crippen LogP contribution in [0.15, 0.2) is 30.5 Å². The van der Waals surface area contributed by atoms with Crippen molar-refractivity contribution in [3.63, 3.8) is 0 Å². The molecule has 28 heavy (non-hydrogen) atoms. The Balaban J connectivity index is 2.77. The number of amides is 2. The van der Waals surface area contributed by atoms with E-state index in [1.165, 1.54) is 19.2 Å². The molecule has 0 atom stereocenters. The number of rotatable bonds is 4. The van der Waals surface area contributed by atoms with Crippen LogP contribution in [0, 0.1) is 0 Å². The van der Waals surface area contributed by atoms with Crippen LogP contribution in [0.1, 0.15) is 47.2 Å². The molecule has 0 unspecified atom stereocenters.